The highest BCUT2D eigenvalue weighted by atomic mass is 32.3. The number of thioether (sulfide) groups is 1. The summed E-state index contributed by atoms with van der Waals surface area (Å²) in [6.07, 6.45) is 1.77. The number of hydrogen-bond donors (Lipinski definition) is 3. The van der Waals surface area contributed by atoms with E-state index in [-0.39, 0.29) is 22.1 Å². The predicted octanol–water partition coefficient (Wildman–Crippen LogP) is 4.86. The lowest BCUT2D eigenvalue weighted by atomic mass is 10.1. The van der Waals surface area contributed by atoms with E-state index < -0.39 is 32.1 Å². The molecule has 0 aromatic carbocycles. The zero-order valence-electron chi connectivity index (χ0n) is 19.5. The van der Waals surface area contributed by atoms with Gasteiger partial charge in [0.2, 0.25) is 0 Å². The SMILES string of the molecule is CC(O)(CO[Si](C)(C)C(C)(C)C)C1SC(S(=N)(N)=O)=CN1[Si](C)(C)C(C)(C)C. The molecule has 0 fully saturated rings. The fourth-order valence-corrected chi connectivity index (χ4v) is 8.73. The molecule has 0 radical (unpaired) electrons. The fraction of sp³-hybridized carbons (Fsp3) is 0.889. The van der Waals surface area contributed by atoms with E-state index in [9.17, 15) is 9.32 Å². The van der Waals surface area contributed by atoms with Crippen LogP contribution in [0.5, 0.6) is 0 Å². The van der Waals surface area contributed by atoms with Gasteiger partial charge in [0.05, 0.1) is 6.61 Å². The van der Waals surface area contributed by atoms with Crippen molar-refractivity contribution in [2.45, 2.75) is 95.7 Å². The molecule has 0 aromatic heterocycles. The van der Waals surface area contributed by atoms with Gasteiger partial charge in [-0.05, 0) is 30.1 Å². The zero-order chi connectivity index (χ0) is 22.6. The lowest BCUT2D eigenvalue weighted by molar-refractivity contribution is -0.0129. The van der Waals surface area contributed by atoms with Gasteiger partial charge in [-0.1, -0.05) is 66.4 Å². The van der Waals surface area contributed by atoms with Gasteiger partial charge in [0, 0.05) is 6.20 Å². The third-order valence-electron chi connectivity index (χ3n) is 6.57. The molecule has 0 aliphatic carbocycles. The Labute approximate surface area is 179 Å². The maximum atomic E-state index is 12.3. The van der Waals surface area contributed by atoms with Crippen molar-refractivity contribution in [3.63, 3.8) is 0 Å². The number of nitrogens with zero attached hydrogens (tertiary/aromatic N) is 1. The zero-order valence-corrected chi connectivity index (χ0v) is 23.1. The topological polar surface area (TPSA) is 99.6 Å². The second-order valence-electron chi connectivity index (χ2n) is 11.1. The molecule has 166 valence electrons. The summed E-state index contributed by atoms with van der Waals surface area (Å²) in [7, 11) is -7.48. The van der Waals surface area contributed by atoms with E-state index in [1.807, 2.05) is 0 Å². The van der Waals surface area contributed by atoms with E-state index in [1.165, 1.54) is 11.8 Å². The molecule has 1 aliphatic heterocycles. The first-order chi connectivity index (χ1) is 12.0. The average Bonchev–Trinajstić information content (AvgIpc) is 2.89. The van der Waals surface area contributed by atoms with Crippen LogP contribution in [-0.2, 0) is 14.3 Å². The summed E-state index contributed by atoms with van der Waals surface area (Å²) in [4.78, 5) is 0. The number of nitrogens with two attached hydrogens (primary N) is 1. The first-order valence-electron chi connectivity index (χ1n) is 9.64. The smallest absolute Gasteiger partial charge is 0.192 e. The molecule has 10 heteroatoms. The Kier molecular flexibility index (Phi) is 7.19. The Morgan fingerprint density at radius 2 is 1.64 bits per heavy atom. The Balaban J connectivity index is 3.28. The molecule has 1 aliphatic rings. The van der Waals surface area contributed by atoms with E-state index >= 15 is 0 Å². The lowest BCUT2D eigenvalue weighted by Gasteiger charge is -2.50. The van der Waals surface area contributed by atoms with Gasteiger partial charge in [0.15, 0.2) is 16.6 Å². The Morgan fingerprint density at radius 3 is 2.00 bits per heavy atom. The summed E-state index contributed by atoms with van der Waals surface area (Å²) in [5.74, 6) is 0. The molecule has 1 heterocycles. The standard InChI is InChI=1S/C18H41N3O3S2Si2/c1-16(2,3)27(8,9)21-12-14(26(19,20)23)25-15(21)18(7,22)13-24-28(10,11)17(4,5)6/h12,15,22H,13H2,1-11H3,(H3,19,20,23). The van der Waals surface area contributed by atoms with Crippen LogP contribution in [0.15, 0.2) is 10.4 Å². The summed E-state index contributed by atoms with van der Waals surface area (Å²) in [5.41, 5.74) is -1.18. The van der Waals surface area contributed by atoms with Gasteiger partial charge in [0.25, 0.3) is 0 Å². The van der Waals surface area contributed by atoms with Crippen LogP contribution in [-0.4, -0.2) is 48.0 Å². The summed E-state index contributed by atoms with van der Waals surface area (Å²) in [5, 5.41) is 16.8. The lowest BCUT2D eigenvalue weighted by Crippen LogP contribution is -2.61. The molecule has 0 aromatic rings. The van der Waals surface area contributed by atoms with Gasteiger partial charge >= 0.3 is 0 Å². The van der Waals surface area contributed by atoms with Crippen LogP contribution in [0.3, 0.4) is 0 Å². The minimum Gasteiger partial charge on any atom is -0.414 e. The van der Waals surface area contributed by atoms with Crippen LogP contribution in [0.2, 0.25) is 36.3 Å². The van der Waals surface area contributed by atoms with Crippen molar-refractivity contribution in [2.24, 2.45) is 5.14 Å². The number of nitrogens with one attached hydrogen (secondary N) is 1. The van der Waals surface area contributed by atoms with Crippen molar-refractivity contribution in [2.75, 3.05) is 6.61 Å². The maximum Gasteiger partial charge on any atom is 0.192 e. The van der Waals surface area contributed by atoms with Crippen LogP contribution in [0.4, 0.5) is 0 Å². The molecular formula is C18H41N3O3S2Si2. The Hall–Kier alpha value is 0.154. The Bertz CT molecular complexity index is 721. The molecule has 0 bridgehead atoms. The van der Waals surface area contributed by atoms with Crippen molar-refractivity contribution in [1.29, 1.82) is 4.78 Å². The second-order valence-corrected chi connectivity index (χ2v) is 24.1. The van der Waals surface area contributed by atoms with Gasteiger partial charge in [0.1, 0.15) is 25.1 Å². The van der Waals surface area contributed by atoms with Crippen molar-refractivity contribution >= 4 is 38.2 Å². The van der Waals surface area contributed by atoms with E-state index in [1.54, 1.807) is 13.1 Å². The summed E-state index contributed by atoms with van der Waals surface area (Å²) in [6, 6.07) is 0. The molecule has 4 N–H and O–H groups in total. The molecule has 1 rings (SSSR count). The van der Waals surface area contributed by atoms with E-state index in [2.05, 4.69) is 72.3 Å². The van der Waals surface area contributed by atoms with Gasteiger partial charge in [-0.15, -0.1) is 0 Å². The largest absolute Gasteiger partial charge is 0.414 e. The average molecular weight is 468 g/mol. The molecule has 3 atom stereocenters. The van der Waals surface area contributed by atoms with Crippen molar-refractivity contribution in [3.8, 4) is 0 Å². The fourth-order valence-electron chi connectivity index (χ4n) is 2.41. The minimum absolute atomic E-state index is 0.00559. The number of aliphatic hydroxyl groups is 1. The van der Waals surface area contributed by atoms with Crippen molar-refractivity contribution in [3.05, 3.63) is 10.4 Å². The highest BCUT2D eigenvalue weighted by molar-refractivity contribution is 8.18. The molecule has 0 saturated carbocycles. The maximum absolute atomic E-state index is 12.3. The molecule has 0 saturated heterocycles. The van der Waals surface area contributed by atoms with Gasteiger partial charge in [-0.3, -0.25) is 0 Å². The van der Waals surface area contributed by atoms with Crippen LogP contribution < -0.4 is 5.14 Å². The van der Waals surface area contributed by atoms with Crippen LogP contribution >= 0.6 is 11.8 Å². The third-order valence-corrected chi connectivity index (χ3v) is 19.6. The second kappa shape index (κ2) is 7.69. The number of hydrogen-bond acceptors (Lipinski definition) is 6. The molecular weight excluding hydrogens is 427 g/mol. The van der Waals surface area contributed by atoms with E-state index in [0.29, 0.717) is 4.24 Å². The minimum atomic E-state index is -3.34. The Morgan fingerprint density at radius 1 is 1.18 bits per heavy atom. The van der Waals surface area contributed by atoms with E-state index in [0.717, 1.165) is 0 Å². The predicted molar refractivity (Wildman–Crippen MR) is 127 cm³/mol. The molecule has 6 nitrogen and oxygen atoms in total. The van der Waals surface area contributed by atoms with Crippen LogP contribution in [0.25, 0.3) is 0 Å². The highest BCUT2D eigenvalue weighted by Crippen LogP contribution is 2.49. The molecule has 3 unspecified atom stereocenters. The normalized spacial score (nSPS) is 24.0. The molecule has 0 spiro atoms. The third kappa shape index (κ3) is 5.44. The van der Waals surface area contributed by atoms with Gasteiger partial charge < -0.3 is 14.1 Å². The van der Waals surface area contributed by atoms with Crippen molar-refractivity contribution < 1.29 is 13.7 Å². The van der Waals surface area contributed by atoms with E-state index in [4.69, 9.17) is 14.3 Å². The first kappa shape index (κ1) is 26.2. The quantitative estimate of drug-likeness (QED) is 0.484. The summed E-state index contributed by atoms with van der Waals surface area (Å²) >= 11 is 1.25. The van der Waals surface area contributed by atoms with Crippen molar-refractivity contribution in [1.82, 2.24) is 4.57 Å². The summed E-state index contributed by atoms with van der Waals surface area (Å²) < 4.78 is 28.9. The van der Waals surface area contributed by atoms with Crippen LogP contribution in [0.1, 0.15) is 48.5 Å². The van der Waals surface area contributed by atoms with Gasteiger partial charge in [-0.25, -0.2) is 14.1 Å². The van der Waals surface area contributed by atoms with Gasteiger partial charge in [-0.2, -0.15) is 0 Å². The molecule has 0 amide bonds. The monoisotopic (exact) mass is 467 g/mol. The summed E-state index contributed by atoms with van der Waals surface area (Å²) in [6.45, 7) is 23.8. The number of rotatable bonds is 6. The first-order valence-corrected chi connectivity index (χ1v) is 18.0. The highest BCUT2D eigenvalue weighted by Gasteiger charge is 2.52. The van der Waals surface area contributed by atoms with Crippen LogP contribution in [0, 0.1) is 4.78 Å². The molecule has 28 heavy (non-hydrogen) atoms.